The Balaban J connectivity index is 0.000000845. The zero-order valence-corrected chi connectivity index (χ0v) is 9.34. The van der Waals surface area contributed by atoms with Crippen LogP contribution in [0.5, 0.6) is 0 Å². The predicted octanol–water partition coefficient (Wildman–Crippen LogP) is 3.37. The predicted molar refractivity (Wildman–Crippen MR) is 58.2 cm³/mol. The van der Waals surface area contributed by atoms with E-state index in [0.717, 1.165) is 35.1 Å². The fraction of sp³-hybridized carbons (Fsp3) is 0.333. The highest BCUT2D eigenvalue weighted by Crippen LogP contribution is 2.31. The Kier molecular flexibility index (Phi) is 3.56. The van der Waals surface area contributed by atoms with Crippen molar-refractivity contribution in [2.75, 3.05) is 11.9 Å². The molecule has 1 N–H and O–H groups in total. The van der Waals surface area contributed by atoms with Gasteiger partial charge in [0.05, 0.1) is 5.69 Å². The van der Waals surface area contributed by atoms with Crippen LogP contribution in [0.3, 0.4) is 0 Å². The molecular weight excluding hydrogens is 256 g/mol. The Morgan fingerprint density at radius 2 is 2.15 bits per heavy atom. The molecule has 0 atom stereocenters. The molecule has 0 saturated carbocycles. The van der Waals surface area contributed by atoms with E-state index < -0.39 is 0 Å². The van der Waals surface area contributed by atoms with Gasteiger partial charge in [0, 0.05) is 11.0 Å². The van der Waals surface area contributed by atoms with Crippen LogP contribution in [0.25, 0.3) is 0 Å². The summed E-state index contributed by atoms with van der Waals surface area (Å²) in [7, 11) is 0. The van der Waals surface area contributed by atoms with E-state index in [1.165, 1.54) is 6.07 Å². The van der Waals surface area contributed by atoms with Gasteiger partial charge in [0.1, 0.15) is 5.82 Å². The molecule has 72 valence electrons. The highest BCUT2D eigenvalue weighted by molar-refractivity contribution is 9.10. The Morgan fingerprint density at radius 3 is 2.92 bits per heavy atom. The number of fused-ring (bicyclic) bond motifs is 1. The van der Waals surface area contributed by atoms with E-state index in [1.807, 2.05) is 0 Å². The summed E-state index contributed by atoms with van der Waals surface area (Å²) >= 11 is 3.33. The van der Waals surface area contributed by atoms with Crippen molar-refractivity contribution >= 4 is 34.0 Å². The van der Waals surface area contributed by atoms with Crippen molar-refractivity contribution in [1.29, 1.82) is 0 Å². The number of benzene rings is 1. The fourth-order valence-electron chi connectivity index (χ4n) is 1.51. The molecule has 4 heteroatoms. The average Bonchev–Trinajstić information content (AvgIpc) is 2.04. The van der Waals surface area contributed by atoms with Crippen molar-refractivity contribution in [3.8, 4) is 0 Å². The molecule has 13 heavy (non-hydrogen) atoms. The molecule has 1 heterocycles. The Morgan fingerprint density at radius 1 is 1.38 bits per heavy atom. The minimum atomic E-state index is -0.163. The first-order valence-corrected chi connectivity index (χ1v) is 4.78. The number of aryl methyl sites for hydroxylation is 1. The lowest BCUT2D eigenvalue weighted by Crippen LogP contribution is -2.12. The van der Waals surface area contributed by atoms with Crippen LogP contribution < -0.4 is 5.32 Å². The smallest absolute Gasteiger partial charge is 0.124 e. The molecule has 0 unspecified atom stereocenters. The number of anilines is 1. The molecule has 1 aromatic carbocycles. The standard InChI is InChI=1S/C9H9BrFN.ClH/c10-8-5-7(11)4-6-2-1-3-12-9(6)8;/h4-5,12H,1-3H2;1H. The molecule has 0 saturated heterocycles. The van der Waals surface area contributed by atoms with Gasteiger partial charge in [-0.05, 0) is 46.5 Å². The third-order valence-electron chi connectivity index (χ3n) is 2.06. The lowest BCUT2D eigenvalue weighted by Gasteiger charge is -2.19. The molecule has 2 rings (SSSR count). The summed E-state index contributed by atoms with van der Waals surface area (Å²) < 4.78 is 13.7. The van der Waals surface area contributed by atoms with Gasteiger partial charge in [-0.2, -0.15) is 0 Å². The van der Waals surface area contributed by atoms with Gasteiger partial charge < -0.3 is 5.32 Å². The van der Waals surface area contributed by atoms with Crippen LogP contribution in [-0.2, 0) is 6.42 Å². The number of rotatable bonds is 0. The van der Waals surface area contributed by atoms with Crippen molar-refractivity contribution in [3.05, 3.63) is 28.0 Å². The minimum Gasteiger partial charge on any atom is -0.384 e. The van der Waals surface area contributed by atoms with Crippen molar-refractivity contribution in [2.24, 2.45) is 0 Å². The van der Waals surface area contributed by atoms with Gasteiger partial charge in [0.15, 0.2) is 0 Å². The van der Waals surface area contributed by atoms with E-state index >= 15 is 0 Å². The van der Waals surface area contributed by atoms with Crippen LogP contribution in [-0.4, -0.2) is 6.54 Å². The highest BCUT2D eigenvalue weighted by atomic mass is 79.9. The number of nitrogens with one attached hydrogen (secondary N) is 1. The maximum absolute atomic E-state index is 12.9. The normalized spacial score (nSPS) is 14.0. The van der Waals surface area contributed by atoms with Gasteiger partial charge in [-0.25, -0.2) is 4.39 Å². The van der Waals surface area contributed by atoms with Crippen LogP contribution in [0.15, 0.2) is 16.6 Å². The Hall–Kier alpha value is -0.280. The molecular formula is C9H10BrClFN. The summed E-state index contributed by atoms with van der Waals surface area (Å²) in [6.45, 7) is 0.983. The second-order valence-corrected chi connectivity index (χ2v) is 3.81. The van der Waals surface area contributed by atoms with Gasteiger partial charge in [0.25, 0.3) is 0 Å². The molecule has 0 radical (unpaired) electrons. The zero-order chi connectivity index (χ0) is 8.55. The number of hydrogen-bond acceptors (Lipinski definition) is 1. The van der Waals surface area contributed by atoms with E-state index in [9.17, 15) is 4.39 Å². The largest absolute Gasteiger partial charge is 0.384 e. The van der Waals surface area contributed by atoms with Crippen LogP contribution in [0, 0.1) is 5.82 Å². The number of hydrogen-bond donors (Lipinski definition) is 1. The van der Waals surface area contributed by atoms with E-state index in [-0.39, 0.29) is 18.2 Å². The van der Waals surface area contributed by atoms with Gasteiger partial charge >= 0.3 is 0 Å². The second kappa shape index (κ2) is 4.29. The lowest BCUT2D eigenvalue weighted by molar-refractivity contribution is 0.622. The average molecular weight is 267 g/mol. The van der Waals surface area contributed by atoms with Crippen LogP contribution in [0.1, 0.15) is 12.0 Å². The first kappa shape index (κ1) is 10.8. The van der Waals surface area contributed by atoms with E-state index in [1.54, 1.807) is 6.07 Å². The molecule has 0 amide bonds. The quantitative estimate of drug-likeness (QED) is 0.759. The van der Waals surface area contributed by atoms with E-state index in [2.05, 4.69) is 21.2 Å². The van der Waals surface area contributed by atoms with Crippen LogP contribution in [0.4, 0.5) is 10.1 Å². The van der Waals surface area contributed by atoms with Crippen molar-refractivity contribution in [1.82, 2.24) is 0 Å². The molecule has 1 aliphatic heterocycles. The lowest BCUT2D eigenvalue weighted by atomic mass is 10.0. The molecule has 0 aromatic heterocycles. The van der Waals surface area contributed by atoms with Crippen molar-refractivity contribution in [2.45, 2.75) is 12.8 Å². The maximum Gasteiger partial charge on any atom is 0.124 e. The van der Waals surface area contributed by atoms with Gasteiger partial charge in [-0.15, -0.1) is 12.4 Å². The van der Waals surface area contributed by atoms with E-state index in [0.29, 0.717) is 0 Å². The highest BCUT2D eigenvalue weighted by Gasteiger charge is 2.12. The first-order chi connectivity index (χ1) is 5.77. The molecule has 1 aliphatic rings. The van der Waals surface area contributed by atoms with Crippen LogP contribution in [0.2, 0.25) is 0 Å². The van der Waals surface area contributed by atoms with Crippen molar-refractivity contribution in [3.63, 3.8) is 0 Å². The molecule has 0 aliphatic carbocycles. The minimum absolute atomic E-state index is 0. The van der Waals surface area contributed by atoms with Gasteiger partial charge in [0.2, 0.25) is 0 Å². The summed E-state index contributed by atoms with van der Waals surface area (Å²) in [5.41, 5.74) is 2.13. The fourth-order valence-corrected chi connectivity index (χ4v) is 2.13. The Bertz CT molecular complexity index is 317. The summed E-state index contributed by atoms with van der Waals surface area (Å²) in [6.07, 6.45) is 2.06. The monoisotopic (exact) mass is 265 g/mol. The van der Waals surface area contributed by atoms with E-state index in [4.69, 9.17) is 0 Å². The maximum atomic E-state index is 12.9. The summed E-state index contributed by atoms with van der Waals surface area (Å²) in [4.78, 5) is 0. The van der Waals surface area contributed by atoms with Crippen molar-refractivity contribution < 1.29 is 4.39 Å². The summed E-state index contributed by atoms with van der Waals surface area (Å²) in [6, 6.07) is 3.10. The van der Waals surface area contributed by atoms with Gasteiger partial charge in [-0.3, -0.25) is 0 Å². The molecule has 0 fully saturated rings. The third-order valence-corrected chi connectivity index (χ3v) is 2.69. The number of halogens is 3. The summed E-state index contributed by atoms with van der Waals surface area (Å²) in [5, 5.41) is 3.24. The topological polar surface area (TPSA) is 12.0 Å². The molecule has 0 bridgehead atoms. The van der Waals surface area contributed by atoms with Crippen LogP contribution >= 0.6 is 28.3 Å². The molecule has 1 aromatic rings. The van der Waals surface area contributed by atoms with Gasteiger partial charge in [-0.1, -0.05) is 0 Å². The first-order valence-electron chi connectivity index (χ1n) is 3.99. The molecule has 0 spiro atoms. The molecule has 1 nitrogen and oxygen atoms in total. The third kappa shape index (κ3) is 2.15. The summed E-state index contributed by atoms with van der Waals surface area (Å²) in [5.74, 6) is -0.163. The second-order valence-electron chi connectivity index (χ2n) is 2.95. The Labute approximate surface area is 91.3 Å². The zero-order valence-electron chi connectivity index (χ0n) is 6.94. The SMILES string of the molecule is Cl.Fc1cc(Br)c2c(c1)CCCN2.